The lowest BCUT2D eigenvalue weighted by molar-refractivity contribution is 0.383. The summed E-state index contributed by atoms with van der Waals surface area (Å²) in [6.45, 7) is 3.23. The Bertz CT molecular complexity index is 675. The Hall–Kier alpha value is -1.45. The second-order valence-corrected chi connectivity index (χ2v) is 8.36. The van der Waals surface area contributed by atoms with Gasteiger partial charge in [-0.25, -0.2) is 0 Å². The first-order chi connectivity index (χ1) is 11.6. The lowest BCUT2D eigenvalue weighted by Crippen LogP contribution is -2.37. The quantitative estimate of drug-likeness (QED) is 0.833. The molecule has 3 rings (SSSR count). The van der Waals surface area contributed by atoms with Crippen LogP contribution in [0.1, 0.15) is 49.8 Å². The van der Waals surface area contributed by atoms with Crippen LogP contribution in [0.3, 0.4) is 0 Å². The fourth-order valence-electron chi connectivity index (χ4n) is 3.83. The molecule has 1 fully saturated rings. The average molecular weight is 342 g/mol. The molecule has 1 saturated carbocycles. The van der Waals surface area contributed by atoms with E-state index in [1.54, 1.807) is 6.26 Å². The molecule has 2 aromatic carbocycles. The van der Waals surface area contributed by atoms with Crippen LogP contribution in [0.5, 0.6) is 0 Å². The third-order valence-electron chi connectivity index (χ3n) is 5.41. The van der Waals surface area contributed by atoms with E-state index in [0.717, 1.165) is 11.4 Å². The van der Waals surface area contributed by atoms with E-state index in [0.29, 0.717) is 6.04 Å². The van der Waals surface area contributed by atoms with Crippen molar-refractivity contribution in [2.75, 3.05) is 12.8 Å². The lowest BCUT2D eigenvalue weighted by Gasteiger charge is -2.32. The number of hydrogen-bond acceptors (Lipinski definition) is 2. The number of hydrogen-bond donors (Lipinski definition) is 1. The smallest absolute Gasteiger partial charge is 0.0498 e. The largest absolute Gasteiger partial charge is 0.309 e. The summed E-state index contributed by atoms with van der Waals surface area (Å²) in [4.78, 5) is 0.891. The van der Waals surface area contributed by atoms with Crippen LogP contribution in [0.4, 0.5) is 0 Å². The maximum Gasteiger partial charge on any atom is 0.0498 e. The van der Waals surface area contributed by atoms with Crippen molar-refractivity contribution in [1.82, 2.24) is 5.32 Å². The molecule has 0 amide bonds. The second kappa shape index (κ2) is 7.62. The van der Waals surface area contributed by atoms with Gasteiger partial charge in [-0.15, -0.1) is 0 Å². The fourth-order valence-corrected chi connectivity index (χ4v) is 4.34. The second-order valence-electron chi connectivity index (χ2n) is 6.98. The summed E-state index contributed by atoms with van der Waals surface area (Å²) >= 11 is 0. The Balaban J connectivity index is 1.70. The maximum atomic E-state index is 11.5. The summed E-state index contributed by atoms with van der Waals surface area (Å²) in [7, 11) is -0.908. The molecular weight excluding hydrogens is 314 g/mol. The molecule has 1 aliphatic carbocycles. The lowest BCUT2D eigenvalue weighted by atomic mass is 9.78. The molecule has 0 heterocycles. The fraction of sp³-hybridized carbons (Fsp3) is 0.429. The number of rotatable bonds is 6. The van der Waals surface area contributed by atoms with Gasteiger partial charge < -0.3 is 5.32 Å². The monoisotopic (exact) mass is 341 g/mol. The minimum absolute atomic E-state index is 0.278. The first kappa shape index (κ1) is 17.4. The summed E-state index contributed by atoms with van der Waals surface area (Å²) in [6.07, 6.45) is 6.90. The van der Waals surface area contributed by atoms with Crippen LogP contribution in [-0.2, 0) is 16.2 Å². The van der Waals surface area contributed by atoms with Crippen LogP contribution in [-0.4, -0.2) is 17.0 Å². The van der Waals surface area contributed by atoms with E-state index in [1.165, 1.54) is 36.8 Å². The highest BCUT2D eigenvalue weighted by atomic mass is 32.2. The van der Waals surface area contributed by atoms with E-state index in [-0.39, 0.29) is 5.41 Å². The molecule has 2 aromatic rings. The van der Waals surface area contributed by atoms with Gasteiger partial charge in [-0.2, -0.15) is 0 Å². The first-order valence-corrected chi connectivity index (χ1v) is 10.4. The van der Waals surface area contributed by atoms with Crippen molar-refractivity contribution in [2.45, 2.75) is 49.0 Å². The maximum absolute atomic E-state index is 11.5. The Morgan fingerprint density at radius 3 is 2.25 bits per heavy atom. The molecule has 0 saturated heterocycles. The molecule has 0 radical (unpaired) electrons. The Labute approximate surface area is 148 Å². The zero-order valence-electron chi connectivity index (χ0n) is 14.6. The van der Waals surface area contributed by atoms with E-state index in [9.17, 15) is 4.21 Å². The van der Waals surface area contributed by atoms with Gasteiger partial charge in [-0.3, -0.25) is 4.21 Å². The first-order valence-electron chi connectivity index (χ1n) is 8.83. The normalized spacial score (nSPS) is 19.1. The van der Waals surface area contributed by atoms with Gasteiger partial charge in [0.1, 0.15) is 0 Å². The third kappa shape index (κ3) is 3.79. The predicted molar refractivity (Wildman–Crippen MR) is 102 cm³/mol. The Kier molecular flexibility index (Phi) is 5.52. The minimum Gasteiger partial charge on any atom is -0.309 e. The molecule has 2 atom stereocenters. The number of benzene rings is 2. The van der Waals surface area contributed by atoms with Gasteiger partial charge in [-0.1, -0.05) is 55.3 Å². The predicted octanol–water partition coefficient (Wildman–Crippen LogP) is 4.59. The van der Waals surface area contributed by atoms with Crippen molar-refractivity contribution in [3.63, 3.8) is 0 Å². The molecule has 0 aromatic heterocycles. The van der Waals surface area contributed by atoms with E-state index in [4.69, 9.17) is 0 Å². The molecule has 0 aliphatic heterocycles. The van der Waals surface area contributed by atoms with Crippen molar-refractivity contribution >= 4 is 10.8 Å². The highest BCUT2D eigenvalue weighted by Crippen LogP contribution is 2.40. The Morgan fingerprint density at radius 2 is 1.67 bits per heavy atom. The highest BCUT2D eigenvalue weighted by molar-refractivity contribution is 7.84. The van der Waals surface area contributed by atoms with Crippen LogP contribution >= 0.6 is 0 Å². The molecule has 1 N–H and O–H groups in total. The molecule has 3 heteroatoms. The van der Waals surface area contributed by atoms with Crippen LogP contribution in [0.2, 0.25) is 0 Å². The highest BCUT2D eigenvalue weighted by Gasteiger charge is 2.35. The van der Waals surface area contributed by atoms with Crippen molar-refractivity contribution in [3.05, 3.63) is 65.7 Å². The zero-order chi connectivity index (χ0) is 17.0. The molecule has 0 bridgehead atoms. The van der Waals surface area contributed by atoms with Crippen LogP contribution in [0, 0.1) is 0 Å². The Morgan fingerprint density at radius 1 is 1.04 bits per heavy atom. The molecule has 0 spiro atoms. The number of nitrogens with one attached hydrogen (secondary N) is 1. The molecular formula is C21H27NOS. The van der Waals surface area contributed by atoms with E-state index >= 15 is 0 Å². The van der Waals surface area contributed by atoms with Gasteiger partial charge in [-0.05, 0) is 43.0 Å². The minimum atomic E-state index is -0.908. The summed E-state index contributed by atoms with van der Waals surface area (Å²) in [5, 5.41) is 3.75. The van der Waals surface area contributed by atoms with Gasteiger partial charge in [0.15, 0.2) is 0 Å². The van der Waals surface area contributed by atoms with Gasteiger partial charge in [0.05, 0.1) is 0 Å². The summed E-state index contributed by atoms with van der Waals surface area (Å²) in [5.41, 5.74) is 3.00. The summed E-state index contributed by atoms with van der Waals surface area (Å²) < 4.78 is 11.5. The van der Waals surface area contributed by atoms with Gasteiger partial charge in [0.25, 0.3) is 0 Å². The molecule has 128 valence electrons. The van der Waals surface area contributed by atoms with Gasteiger partial charge in [0, 0.05) is 40.0 Å². The summed E-state index contributed by atoms with van der Waals surface area (Å²) in [5.74, 6) is 0. The van der Waals surface area contributed by atoms with Gasteiger partial charge in [0.2, 0.25) is 0 Å². The van der Waals surface area contributed by atoms with E-state index in [2.05, 4.69) is 54.7 Å². The topological polar surface area (TPSA) is 29.1 Å². The van der Waals surface area contributed by atoms with Crippen LogP contribution in [0.15, 0.2) is 59.5 Å². The average Bonchev–Trinajstić information content (AvgIpc) is 3.11. The van der Waals surface area contributed by atoms with Crippen molar-refractivity contribution in [2.24, 2.45) is 0 Å². The van der Waals surface area contributed by atoms with Crippen molar-refractivity contribution < 1.29 is 4.21 Å². The standard InChI is InChI=1S/C21H27NOS/c1-17(18-10-12-20(13-11-18)24(2)23)22-16-21(14-6-7-15-21)19-8-4-3-5-9-19/h3-5,8-13,17,22H,6-7,14-16H2,1-2H3/t17-,24+/m1/s1. The van der Waals surface area contributed by atoms with E-state index < -0.39 is 10.8 Å². The summed E-state index contributed by atoms with van der Waals surface area (Å²) in [6, 6.07) is 19.4. The molecule has 1 aliphatic rings. The molecule has 24 heavy (non-hydrogen) atoms. The third-order valence-corrected chi connectivity index (χ3v) is 6.34. The van der Waals surface area contributed by atoms with Crippen LogP contribution in [0.25, 0.3) is 0 Å². The van der Waals surface area contributed by atoms with E-state index in [1.807, 2.05) is 12.1 Å². The molecule has 2 nitrogen and oxygen atoms in total. The molecule has 0 unspecified atom stereocenters. The van der Waals surface area contributed by atoms with Crippen LogP contribution < -0.4 is 5.32 Å². The SMILES string of the molecule is C[C@@H](NCC1(c2ccccc2)CCCC1)c1ccc([S@](C)=O)cc1. The van der Waals surface area contributed by atoms with Crippen molar-refractivity contribution in [1.29, 1.82) is 0 Å². The zero-order valence-corrected chi connectivity index (χ0v) is 15.4. The van der Waals surface area contributed by atoms with Gasteiger partial charge >= 0.3 is 0 Å². The van der Waals surface area contributed by atoms with Crippen molar-refractivity contribution in [3.8, 4) is 0 Å².